The van der Waals surface area contributed by atoms with Gasteiger partial charge in [0.15, 0.2) is 0 Å². The van der Waals surface area contributed by atoms with Crippen LogP contribution in [0.15, 0.2) is 24.3 Å². The van der Waals surface area contributed by atoms with Crippen LogP contribution in [0.5, 0.6) is 5.75 Å². The second-order valence-electron chi connectivity index (χ2n) is 5.12. The van der Waals surface area contributed by atoms with Crippen molar-refractivity contribution >= 4 is 16.1 Å². The van der Waals surface area contributed by atoms with Gasteiger partial charge in [0.25, 0.3) is 10.1 Å². The maximum atomic E-state index is 11.2. The number of ether oxygens (including phenoxy) is 2. The molecule has 0 aliphatic heterocycles. The number of hydrogen-bond acceptors (Lipinski definition) is 6. The average Bonchev–Trinajstić information content (AvgIpc) is 2.51. The molecular weight excluding hydrogens is 320 g/mol. The van der Waals surface area contributed by atoms with Gasteiger partial charge >= 0.3 is 5.97 Å². The van der Waals surface area contributed by atoms with E-state index in [-0.39, 0.29) is 12.6 Å². The van der Waals surface area contributed by atoms with Crippen LogP contribution in [0.3, 0.4) is 0 Å². The highest BCUT2D eigenvalue weighted by molar-refractivity contribution is 7.85. The molecule has 0 aliphatic rings. The number of carbonyl (C=O) groups is 1. The Labute approximate surface area is 137 Å². The molecule has 0 amide bonds. The lowest BCUT2D eigenvalue weighted by molar-refractivity contribution is -0.140. The van der Waals surface area contributed by atoms with Gasteiger partial charge in [-0.2, -0.15) is 8.42 Å². The Hall–Kier alpha value is -1.60. The summed E-state index contributed by atoms with van der Waals surface area (Å²) in [6, 6.07) is 7.59. The first-order chi connectivity index (χ1) is 10.9. The van der Waals surface area contributed by atoms with Crippen molar-refractivity contribution in [3.63, 3.8) is 0 Å². The smallest absolute Gasteiger partial charge is 0.305 e. The lowest BCUT2D eigenvalue weighted by atomic mass is 10.1. The standard InChI is InChI=1S/C16H24O6S/c1-20-16(17)11-10-14-8-4-5-9-15(14)21-12-6-3-7-13-22-23(2,18)19/h4-5,8-9H,3,6-7,10-13H2,1-2H3. The van der Waals surface area contributed by atoms with E-state index in [0.717, 1.165) is 30.4 Å². The van der Waals surface area contributed by atoms with E-state index in [4.69, 9.17) is 4.74 Å². The zero-order valence-electron chi connectivity index (χ0n) is 13.6. The Morgan fingerprint density at radius 3 is 2.48 bits per heavy atom. The highest BCUT2D eigenvalue weighted by Gasteiger charge is 2.07. The molecule has 1 rings (SSSR count). The highest BCUT2D eigenvalue weighted by atomic mass is 32.2. The molecule has 0 unspecified atom stereocenters. The first-order valence-corrected chi connectivity index (χ1v) is 9.36. The fraction of sp³-hybridized carbons (Fsp3) is 0.562. The van der Waals surface area contributed by atoms with Crippen molar-refractivity contribution in [1.82, 2.24) is 0 Å². The summed E-state index contributed by atoms with van der Waals surface area (Å²) in [7, 11) is -1.98. The molecule has 0 radical (unpaired) electrons. The SMILES string of the molecule is COC(=O)CCc1ccccc1OCCCCCOS(C)(=O)=O. The van der Waals surface area contributed by atoms with Crippen LogP contribution in [0, 0.1) is 0 Å². The minimum atomic E-state index is -3.35. The minimum absolute atomic E-state index is 0.203. The van der Waals surface area contributed by atoms with Gasteiger partial charge < -0.3 is 9.47 Å². The van der Waals surface area contributed by atoms with Crippen LogP contribution < -0.4 is 4.74 Å². The number of benzene rings is 1. The molecule has 130 valence electrons. The van der Waals surface area contributed by atoms with Gasteiger partial charge in [-0.15, -0.1) is 0 Å². The number of para-hydroxylation sites is 1. The maximum Gasteiger partial charge on any atom is 0.305 e. The summed E-state index contributed by atoms with van der Waals surface area (Å²) < 4.78 is 36.6. The molecule has 7 heteroatoms. The number of esters is 1. The molecule has 0 bridgehead atoms. The average molecular weight is 344 g/mol. The van der Waals surface area contributed by atoms with Gasteiger partial charge in [-0.05, 0) is 37.3 Å². The van der Waals surface area contributed by atoms with E-state index in [2.05, 4.69) is 8.92 Å². The molecule has 0 atom stereocenters. The summed E-state index contributed by atoms with van der Waals surface area (Å²) in [5.41, 5.74) is 0.971. The second kappa shape index (κ2) is 10.2. The van der Waals surface area contributed by atoms with Crippen LogP contribution >= 0.6 is 0 Å². The van der Waals surface area contributed by atoms with Crippen molar-refractivity contribution in [2.24, 2.45) is 0 Å². The molecule has 0 saturated heterocycles. The van der Waals surface area contributed by atoms with E-state index in [1.807, 2.05) is 24.3 Å². The van der Waals surface area contributed by atoms with Gasteiger partial charge in [0.2, 0.25) is 0 Å². The normalized spacial score (nSPS) is 11.2. The Balaban J connectivity index is 2.28. The monoisotopic (exact) mass is 344 g/mol. The molecule has 0 aliphatic carbocycles. The molecule has 0 aromatic heterocycles. The summed E-state index contributed by atoms with van der Waals surface area (Å²) >= 11 is 0. The summed E-state index contributed by atoms with van der Waals surface area (Å²) in [5.74, 6) is 0.523. The number of carbonyl (C=O) groups excluding carboxylic acids is 1. The van der Waals surface area contributed by atoms with Gasteiger partial charge in [0, 0.05) is 6.42 Å². The zero-order chi connectivity index (χ0) is 17.1. The fourth-order valence-corrected chi connectivity index (χ4v) is 2.38. The first kappa shape index (κ1) is 19.4. The van der Waals surface area contributed by atoms with Gasteiger partial charge in [-0.25, -0.2) is 0 Å². The summed E-state index contributed by atoms with van der Waals surface area (Å²) in [6.45, 7) is 0.739. The number of rotatable bonds is 11. The van der Waals surface area contributed by atoms with E-state index in [1.54, 1.807) is 0 Å². The predicted octanol–water partition coefficient (Wildman–Crippen LogP) is 2.32. The largest absolute Gasteiger partial charge is 0.493 e. The van der Waals surface area contributed by atoms with E-state index in [9.17, 15) is 13.2 Å². The van der Waals surface area contributed by atoms with Crippen molar-refractivity contribution in [2.45, 2.75) is 32.1 Å². The van der Waals surface area contributed by atoms with Crippen molar-refractivity contribution in [1.29, 1.82) is 0 Å². The van der Waals surface area contributed by atoms with Crippen LogP contribution in [0.1, 0.15) is 31.2 Å². The van der Waals surface area contributed by atoms with Crippen molar-refractivity contribution in [3.05, 3.63) is 29.8 Å². The minimum Gasteiger partial charge on any atom is -0.493 e. The summed E-state index contributed by atoms with van der Waals surface area (Å²) in [5, 5.41) is 0. The molecule has 23 heavy (non-hydrogen) atoms. The second-order valence-corrected chi connectivity index (χ2v) is 6.76. The zero-order valence-corrected chi connectivity index (χ0v) is 14.4. The molecular formula is C16H24O6S. The molecule has 0 saturated carbocycles. The molecule has 0 spiro atoms. The topological polar surface area (TPSA) is 78.9 Å². The Kier molecular flexibility index (Phi) is 8.65. The van der Waals surface area contributed by atoms with Crippen molar-refractivity contribution in [2.75, 3.05) is 26.6 Å². The van der Waals surface area contributed by atoms with E-state index < -0.39 is 10.1 Å². The van der Waals surface area contributed by atoms with Gasteiger partial charge in [0.1, 0.15) is 5.75 Å². The Morgan fingerprint density at radius 2 is 1.78 bits per heavy atom. The molecule has 0 N–H and O–H groups in total. The van der Waals surface area contributed by atoms with Crippen LogP contribution in [0.2, 0.25) is 0 Å². The first-order valence-electron chi connectivity index (χ1n) is 7.54. The van der Waals surface area contributed by atoms with Gasteiger partial charge in [0.05, 0.1) is 26.6 Å². The van der Waals surface area contributed by atoms with Crippen LogP contribution in [-0.4, -0.2) is 41.0 Å². The lowest BCUT2D eigenvalue weighted by Crippen LogP contribution is -2.06. The molecule has 0 heterocycles. The van der Waals surface area contributed by atoms with Crippen LogP contribution in [-0.2, 0) is 30.3 Å². The molecule has 1 aromatic rings. The van der Waals surface area contributed by atoms with Crippen molar-refractivity contribution < 1.29 is 26.9 Å². The third-order valence-corrected chi connectivity index (χ3v) is 3.74. The third kappa shape index (κ3) is 9.20. The number of unbranched alkanes of at least 4 members (excludes halogenated alkanes) is 2. The number of methoxy groups -OCH3 is 1. The summed E-state index contributed by atoms with van der Waals surface area (Å²) in [6.07, 6.45) is 4.23. The van der Waals surface area contributed by atoms with E-state index in [0.29, 0.717) is 25.9 Å². The van der Waals surface area contributed by atoms with Gasteiger partial charge in [-0.3, -0.25) is 8.98 Å². The molecule has 1 aromatic carbocycles. The van der Waals surface area contributed by atoms with Crippen LogP contribution in [0.25, 0.3) is 0 Å². The quantitative estimate of drug-likeness (QED) is 0.348. The number of aryl methyl sites for hydroxylation is 1. The van der Waals surface area contributed by atoms with Gasteiger partial charge in [-0.1, -0.05) is 18.2 Å². The lowest BCUT2D eigenvalue weighted by Gasteiger charge is -2.11. The van der Waals surface area contributed by atoms with Crippen LogP contribution in [0.4, 0.5) is 0 Å². The fourth-order valence-electron chi connectivity index (χ4n) is 1.96. The van der Waals surface area contributed by atoms with E-state index in [1.165, 1.54) is 7.11 Å². The third-order valence-electron chi connectivity index (χ3n) is 3.14. The van der Waals surface area contributed by atoms with Crippen molar-refractivity contribution in [3.8, 4) is 5.75 Å². The maximum absolute atomic E-state index is 11.2. The summed E-state index contributed by atoms with van der Waals surface area (Å²) in [4.78, 5) is 11.2. The molecule has 0 fully saturated rings. The van der Waals surface area contributed by atoms with E-state index >= 15 is 0 Å². The number of hydrogen-bond donors (Lipinski definition) is 0. The molecule has 6 nitrogen and oxygen atoms in total. The predicted molar refractivity (Wildman–Crippen MR) is 86.9 cm³/mol. The Morgan fingerprint density at radius 1 is 1.09 bits per heavy atom. The highest BCUT2D eigenvalue weighted by Crippen LogP contribution is 2.20. The Bertz CT molecular complexity index is 582.